The summed E-state index contributed by atoms with van der Waals surface area (Å²) in [7, 11) is 0. The Hall–Kier alpha value is -1.43. The lowest BCUT2D eigenvalue weighted by Gasteiger charge is -2.31. The van der Waals surface area contributed by atoms with Gasteiger partial charge in [0.1, 0.15) is 23.0 Å². The van der Waals surface area contributed by atoms with Crippen molar-refractivity contribution in [1.29, 1.82) is 0 Å². The summed E-state index contributed by atoms with van der Waals surface area (Å²) < 4.78 is 10.7. The number of esters is 2. The number of ether oxygens (including phenoxy) is 2. The van der Waals surface area contributed by atoms with Crippen molar-refractivity contribution in [1.82, 2.24) is 0 Å². The molecular weight excluding hydrogens is 334 g/mol. The van der Waals surface area contributed by atoms with Gasteiger partial charge in [-0.05, 0) is 53.9 Å². The van der Waals surface area contributed by atoms with Crippen LogP contribution in [0.2, 0.25) is 0 Å². The molecule has 0 rings (SSSR count). The van der Waals surface area contributed by atoms with Crippen molar-refractivity contribution in [2.45, 2.75) is 105 Å². The molecule has 0 amide bonds. The van der Waals surface area contributed by atoms with E-state index >= 15 is 0 Å². The lowest BCUT2D eigenvalue weighted by molar-refractivity contribution is -0.160. The maximum atomic E-state index is 12.2. The van der Waals surface area contributed by atoms with Crippen LogP contribution < -0.4 is 5.73 Å². The van der Waals surface area contributed by atoms with Crippen LogP contribution in [0, 0.1) is 5.41 Å². The Balaban J connectivity index is 4.50. The third-order valence-corrected chi connectivity index (χ3v) is 4.19. The third kappa shape index (κ3) is 9.90. The van der Waals surface area contributed by atoms with Crippen molar-refractivity contribution in [3.8, 4) is 0 Å². The second-order valence-electron chi connectivity index (χ2n) is 9.07. The molecule has 152 valence electrons. The standard InChI is InChI=1S/C20H37NO5/c1-9-15(22)19(5,6)12-13-20(7,8)26-17(24)14(21)10-11-16(23)25-18(2,3)4/h14H,9-13,21H2,1-8H3. The molecule has 0 saturated carbocycles. The lowest BCUT2D eigenvalue weighted by atomic mass is 9.79. The van der Waals surface area contributed by atoms with Gasteiger partial charge in [-0.15, -0.1) is 0 Å². The Morgan fingerprint density at radius 3 is 1.92 bits per heavy atom. The number of ketones is 1. The number of Topliss-reactive ketones (excluding diaryl/α,β-unsaturated/α-hetero) is 1. The first-order valence-corrected chi connectivity index (χ1v) is 9.33. The zero-order valence-electron chi connectivity index (χ0n) is 17.7. The van der Waals surface area contributed by atoms with Gasteiger partial charge in [0.05, 0.1) is 0 Å². The number of rotatable bonds is 10. The zero-order chi connectivity index (χ0) is 20.8. The molecule has 0 bridgehead atoms. The molecule has 0 fully saturated rings. The lowest BCUT2D eigenvalue weighted by Crippen LogP contribution is -2.40. The van der Waals surface area contributed by atoms with Crippen molar-refractivity contribution in [2.24, 2.45) is 11.1 Å². The Kier molecular flexibility index (Phi) is 8.97. The first kappa shape index (κ1) is 24.6. The minimum atomic E-state index is -0.882. The topological polar surface area (TPSA) is 95.7 Å². The van der Waals surface area contributed by atoms with E-state index in [1.165, 1.54) is 0 Å². The highest BCUT2D eigenvalue weighted by Crippen LogP contribution is 2.30. The van der Waals surface area contributed by atoms with Crippen LogP contribution in [-0.2, 0) is 23.9 Å². The average molecular weight is 372 g/mol. The van der Waals surface area contributed by atoms with E-state index < -0.39 is 28.6 Å². The van der Waals surface area contributed by atoms with E-state index in [4.69, 9.17) is 15.2 Å². The van der Waals surface area contributed by atoms with E-state index in [2.05, 4.69) is 0 Å². The summed E-state index contributed by atoms with van der Waals surface area (Å²) in [6, 6.07) is -0.882. The largest absolute Gasteiger partial charge is 0.460 e. The molecule has 0 radical (unpaired) electrons. The van der Waals surface area contributed by atoms with Gasteiger partial charge in [0.2, 0.25) is 0 Å². The smallest absolute Gasteiger partial charge is 0.323 e. The van der Waals surface area contributed by atoms with E-state index in [0.717, 1.165) is 0 Å². The molecule has 1 atom stereocenters. The van der Waals surface area contributed by atoms with E-state index in [0.29, 0.717) is 19.3 Å². The molecule has 26 heavy (non-hydrogen) atoms. The first-order valence-electron chi connectivity index (χ1n) is 9.33. The van der Waals surface area contributed by atoms with Crippen molar-refractivity contribution in [3.63, 3.8) is 0 Å². The maximum absolute atomic E-state index is 12.2. The van der Waals surface area contributed by atoms with Gasteiger partial charge in [-0.2, -0.15) is 0 Å². The van der Waals surface area contributed by atoms with Crippen LogP contribution in [-0.4, -0.2) is 35.0 Å². The summed E-state index contributed by atoms with van der Waals surface area (Å²) in [4.78, 5) is 35.9. The van der Waals surface area contributed by atoms with Crippen molar-refractivity contribution >= 4 is 17.7 Å². The average Bonchev–Trinajstić information content (AvgIpc) is 2.47. The highest BCUT2D eigenvalue weighted by Gasteiger charge is 2.32. The highest BCUT2D eigenvalue weighted by atomic mass is 16.6. The van der Waals surface area contributed by atoms with E-state index in [-0.39, 0.29) is 24.6 Å². The SMILES string of the molecule is CCC(=O)C(C)(C)CCC(C)(C)OC(=O)C(N)CCC(=O)OC(C)(C)C. The number of hydrogen-bond acceptors (Lipinski definition) is 6. The molecule has 0 aliphatic carbocycles. The van der Waals surface area contributed by atoms with Crippen molar-refractivity contribution in [2.75, 3.05) is 0 Å². The van der Waals surface area contributed by atoms with E-state index in [1.54, 1.807) is 34.6 Å². The molecule has 1 unspecified atom stereocenters. The number of hydrogen-bond donors (Lipinski definition) is 1. The van der Waals surface area contributed by atoms with Gasteiger partial charge in [-0.1, -0.05) is 20.8 Å². The summed E-state index contributed by atoms with van der Waals surface area (Å²) >= 11 is 0. The highest BCUT2D eigenvalue weighted by molar-refractivity contribution is 5.83. The van der Waals surface area contributed by atoms with Crippen LogP contribution in [0.15, 0.2) is 0 Å². The molecule has 0 aliphatic heterocycles. The summed E-state index contributed by atoms with van der Waals surface area (Å²) in [6.45, 7) is 14.6. The second-order valence-corrected chi connectivity index (χ2v) is 9.07. The monoisotopic (exact) mass is 371 g/mol. The number of carbonyl (C=O) groups excluding carboxylic acids is 3. The molecule has 0 spiro atoms. The Labute approximate surface area is 158 Å². The van der Waals surface area contributed by atoms with Crippen LogP contribution in [0.5, 0.6) is 0 Å². The van der Waals surface area contributed by atoms with Crippen molar-refractivity contribution in [3.05, 3.63) is 0 Å². The maximum Gasteiger partial charge on any atom is 0.323 e. The third-order valence-electron chi connectivity index (χ3n) is 4.19. The quantitative estimate of drug-likeness (QED) is 0.590. The van der Waals surface area contributed by atoms with Crippen LogP contribution in [0.4, 0.5) is 0 Å². The van der Waals surface area contributed by atoms with Gasteiger partial charge >= 0.3 is 11.9 Å². The Morgan fingerprint density at radius 1 is 0.923 bits per heavy atom. The van der Waals surface area contributed by atoms with Gasteiger partial charge < -0.3 is 15.2 Å². The zero-order valence-corrected chi connectivity index (χ0v) is 17.7. The second kappa shape index (κ2) is 9.49. The molecule has 0 aromatic rings. The molecule has 0 saturated heterocycles. The number of carbonyl (C=O) groups is 3. The van der Waals surface area contributed by atoms with Gasteiger partial charge in [-0.3, -0.25) is 14.4 Å². The van der Waals surface area contributed by atoms with E-state index in [1.807, 2.05) is 20.8 Å². The molecule has 0 aliphatic rings. The van der Waals surface area contributed by atoms with Crippen molar-refractivity contribution < 1.29 is 23.9 Å². The van der Waals surface area contributed by atoms with Gasteiger partial charge in [0.25, 0.3) is 0 Å². The predicted octanol–water partition coefficient (Wildman–Crippen LogP) is 3.54. The summed E-state index contributed by atoms with van der Waals surface area (Å²) in [5, 5.41) is 0. The normalized spacial score (nSPS) is 13.9. The fourth-order valence-electron chi connectivity index (χ4n) is 2.41. The molecule has 0 heterocycles. The van der Waals surface area contributed by atoms with E-state index in [9.17, 15) is 14.4 Å². The summed E-state index contributed by atoms with van der Waals surface area (Å²) in [6.07, 6.45) is 1.89. The molecule has 6 nitrogen and oxygen atoms in total. The van der Waals surface area contributed by atoms with Crippen LogP contribution in [0.3, 0.4) is 0 Å². The van der Waals surface area contributed by atoms with Crippen LogP contribution in [0.25, 0.3) is 0 Å². The van der Waals surface area contributed by atoms with Crippen LogP contribution in [0.1, 0.15) is 87.5 Å². The Bertz CT molecular complexity index is 503. The van der Waals surface area contributed by atoms with Gasteiger partial charge in [0.15, 0.2) is 0 Å². The number of nitrogens with two attached hydrogens (primary N) is 1. The minimum Gasteiger partial charge on any atom is -0.460 e. The molecule has 0 aromatic heterocycles. The molecule has 0 aromatic carbocycles. The first-order chi connectivity index (χ1) is 11.6. The molecule has 6 heteroatoms. The summed E-state index contributed by atoms with van der Waals surface area (Å²) in [5.41, 5.74) is 4.11. The minimum absolute atomic E-state index is 0.0615. The van der Waals surface area contributed by atoms with Gasteiger partial charge in [0, 0.05) is 18.3 Å². The Morgan fingerprint density at radius 2 is 1.46 bits per heavy atom. The molecular formula is C20H37NO5. The predicted molar refractivity (Wildman–Crippen MR) is 102 cm³/mol. The fraction of sp³-hybridized carbons (Fsp3) is 0.850. The molecule has 2 N–H and O–H groups in total. The summed E-state index contributed by atoms with van der Waals surface area (Å²) in [5.74, 6) is -0.744. The fourth-order valence-corrected chi connectivity index (χ4v) is 2.41. The van der Waals surface area contributed by atoms with Gasteiger partial charge in [-0.25, -0.2) is 0 Å². The van der Waals surface area contributed by atoms with Crippen LogP contribution >= 0.6 is 0 Å².